The molecule has 3 rings (SSSR count). The standard InChI is InChI=1S/C19H25ClN6O/c1-13-5-6-15(11-16(13)20)25-19(27)22-8-7-21-17-12-18(24-14(2)23-17)26-9-3-4-10-26/h5-6,11-12H,3-4,7-10H2,1-2H3,(H,21,23,24)(H2,22,25,27). The number of amides is 2. The number of aromatic nitrogens is 2. The molecular formula is C19H25ClN6O. The summed E-state index contributed by atoms with van der Waals surface area (Å²) in [6, 6.07) is 7.12. The molecule has 3 N–H and O–H groups in total. The Hall–Kier alpha value is -2.54. The number of hydrogen-bond acceptors (Lipinski definition) is 5. The third-order valence-corrected chi connectivity index (χ3v) is 4.81. The van der Waals surface area contributed by atoms with E-state index in [0.29, 0.717) is 23.8 Å². The van der Waals surface area contributed by atoms with Gasteiger partial charge in [-0.3, -0.25) is 0 Å². The number of benzene rings is 1. The number of rotatable bonds is 6. The van der Waals surface area contributed by atoms with Crippen molar-refractivity contribution in [3.63, 3.8) is 0 Å². The highest BCUT2D eigenvalue weighted by molar-refractivity contribution is 6.31. The third kappa shape index (κ3) is 5.47. The summed E-state index contributed by atoms with van der Waals surface area (Å²) in [6.07, 6.45) is 2.41. The zero-order chi connectivity index (χ0) is 19.2. The molecule has 0 atom stereocenters. The number of hydrogen-bond donors (Lipinski definition) is 3. The molecule has 2 amide bonds. The number of urea groups is 1. The van der Waals surface area contributed by atoms with Gasteiger partial charge in [-0.25, -0.2) is 14.8 Å². The summed E-state index contributed by atoms with van der Waals surface area (Å²) in [5.41, 5.74) is 1.64. The van der Waals surface area contributed by atoms with Crippen LogP contribution in [0.1, 0.15) is 24.2 Å². The number of nitrogens with one attached hydrogen (secondary N) is 3. The Bertz CT molecular complexity index is 807. The van der Waals surface area contributed by atoms with Gasteiger partial charge < -0.3 is 20.9 Å². The second-order valence-electron chi connectivity index (χ2n) is 6.62. The molecule has 1 aliphatic rings. The lowest BCUT2D eigenvalue weighted by Crippen LogP contribution is -2.32. The summed E-state index contributed by atoms with van der Waals surface area (Å²) in [5.74, 6) is 2.48. The first-order valence-corrected chi connectivity index (χ1v) is 9.54. The predicted octanol–water partition coefficient (Wildman–Crippen LogP) is 3.58. The topological polar surface area (TPSA) is 82.2 Å². The Kier molecular flexibility index (Phi) is 6.34. The van der Waals surface area contributed by atoms with Crippen molar-refractivity contribution in [2.75, 3.05) is 41.7 Å². The molecule has 0 radical (unpaired) electrons. The van der Waals surface area contributed by atoms with Crippen LogP contribution in [0.4, 0.5) is 22.1 Å². The van der Waals surface area contributed by atoms with E-state index in [9.17, 15) is 4.79 Å². The number of aryl methyl sites for hydroxylation is 2. The Morgan fingerprint density at radius 3 is 2.67 bits per heavy atom. The lowest BCUT2D eigenvalue weighted by Gasteiger charge is -2.18. The average molecular weight is 389 g/mol. The highest BCUT2D eigenvalue weighted by atomic mass is 35.5. The van der Waals surface area contributed by atoms with Crippen LogP contribution in [0.25, 0.3) is 0 Å². The Morgan fingerprint density at radius 1 is 1.15 bits per heavy atom. The number of nitrogens with zero attached hydrogens (tertiary/aromatic N) is 3. The zero-order valence-electron chi connectivity index (χ0n) is 15.7. The van der Waals surface area contributed by atoms with Gasteiger partial charge in [0.05, 0.1) is 0 Å². The van der Waals surface area contributed by atoms with Gasteiger partial charge in [-0.05, 0) is 44.4 Å². The van der Waals surface area contributed by atoms with Crippen molar-refractivity contribution in [1.82, 2.24) is 15.3 Å². The van der Waals surface area contributed by atoms with Gasteiger partial charge in [-0.1, -0.05) is 17.7 Å². The van der Waals surface area contributed by atoms with E-state index in [2.05, 4.69) is 30.8 Å². The minimum Gasteiger partial charge on any atom is -0.368 e. The van der Waals surface area contributed by atoms with E-state index in [4.69, 9.17) is 11.6 Å². The average Bonchev–Trinajstić information content (AvgIpc) is 3.16. The zero-order valence-corrected chi connectivity index (χ0v) is 16.4. The van der Waals surface area contributed by atoms with E-state index in [0.717, 1.165) is 36.1 Å². The summed E-state index contributed by atoms with van der Waals surface area (Å²) in [5, 5.41) is 9.45. The van der Waals surface area contributed by atoms with Crippen molar-refractivity contribution < 1.29 is 4.79 Å². The summed E-state index contributed by atoms with van der Waals surface area (Å²) < 4.78 is 0. The molecule has 1 saturated heterocycles. The molecule has 0 aliphatic carbocycles. The first kappa shape index (κ1) is 19.2. The monoisotopic (exact) mass is 388 g/mol. The predicted molar refractivity (Wildman–Crippen MR) is 110 cm³/mol. The van der Waals surface area contributed by atoms with Crippen molar-refractivity contribution in [1.29, 1.82) is 0 Å². The van der Waals surface area contributed by atoms with Gasteiger partial charge in [0.15, 0.2) is 0 Å². The van der Waals surface area contributed by atoms with Crippen molar-refractivity contribution in [2.45, 2.75) is 26.7 Å². The number of carbonyl (C=O) groups is 1. The van der Waals surface area contributed by atoms with Crippen molar-refractivity contribution >= 4 is 35.0 Å². The fraction of sp³-hybridized carbons (Fsp3) is 0.421. The van der Waals surface area contributed by atoms with Crippen LogP contribution in [0.5, 0.6) is 0 Å². The first-order valence-electron chi connectivity index (χ1n) is 9.17. The molecule has 2 aromatic rings. The van der Waals surface area contributed by atoms with Crippen molar-refractivity contribution in [3.8, 4) is 0 Å². The van der Waals surface area contributed by atoms with Crippen LogP contribution in [0.2, 0.25) is 5.02 Å². The highest BCUT2D eigenvalue weighted by Gasteiger charge is 2.15. The molecule has 1 aromatic carbocycles. The molecule has 0 bridgehead atoms. The van der Waals surface area contributed by atoms with E-state index in [1.54, 1.807) is 6.07 Å². The maximum atomic E-state index is 12.0. The maximum Gasteiger partial charge on any atom is 0.319 e. The molecule has 1 aliphatic heterocycles. The molecule has 2 heterocycles. The molecule has 0 unspecified atom stereocenters. The van der Waals surface area contributed by atoms with E-state index < -0.39 is 0 Å². The van der Waals surface area contributed by atoms with Crippen LogP contribution < -0.4 is 20.9 Å². The van der Waals surface area contributed by atoms with Crippen LogP contribution in [0.3, 0.4) is 0 Å². The van der Waals surface area contributed by atoms with E-state index in [-0.39, 0.29) is 6.03 Å². The summed E-state index contributed by atoms with van der Waals surface area (Å²) in [4.78, 5) is 23.2. The molecule has 8 heteroatoms. The summed E-state index contributed by atoms with van der Waals surface area (Å²) >= 11 is 6.07. The second kappa shape index (κ2) is 8.90. The molecule has 27 heavy (non-hydrogen) atoms. The molecule has 144 valence electrons. The fourth-order valence-corrected chi connectivity index (χ4v) is 3.14. The second-order valence-corrected chi connectivity index (χ2v) is 7.03. The minimum atomic E-state index is -0.270. The van der Waals surface area contributed by atoms with Gasteiger partial charge in [0.2, 0.25) is 0 Å². The molecular weight excluding hydrogens is 364 g/mol. The van der Waals surface area contributed by atoms with E-state index in [1.807, 2.05) is 32.0 Å². The maximum absolute atomic E-state index is 12.0. The van der Waals surface area contributed by atoms with Crippen molar-refractivity contribution in [3.05, 3.63) is 40.7 Å². The van der Waals surface area contributed by atoms with Gasteiger partial charge >= 0.3 is 6.03 Å². The van der Waals surface area contributed by atoms with Gasteiger partial charge in [-0.15, -0.1) is 0 Å². The molecule has 0 saturated carbocycles. The fourth-order valence-electron chi connectivity index (χ4n) is 2.96. The quantitative estimate of drug-likeness (QED) is 0.659. The van der Waals surface area contributed by atoms with Crippen LogP contribution in [-0.2, 0) is 0 Å². The van der Waals surface area contributed by atoms with Gasteiger partial charge in [0, 0.05) is 43.0 Å². The van der Waals surface area contributed by atoms with Crippen LogP contribution >= 0.6 is 11.6 Å². The summed E-state index contributed by atoms with van der Waals surface area (Å²) in [6.45, 7) is 6.93. The molecule has 7 nitrogen and oxygen atoms in total. The lowest BCUT2D eigenvalue weighted by atomic mass is 10.2. The van der Waals surface area contributed by atoms with Crippen LogP contribution in [0, 0.1) is 13.8 Å². The Morgan fingerprint density at radius 2 is 1.93 bits per heavy atom. The molecule has 1 aromatic heterocycles. The van der Waals surface area contributed by atoms with Crippen LogP contribution in [-0.4, -0.2) is 42.2 Å². The lowest BCUT2D eigenvalue weighted by molar-refractivity contribution is 0.252. The Balaban J connectivity index is 1.45. The van der Waals surface area contributed by atoms with Crippen molar-refractivity contribution in [2.24, 2.45) is 0 Å². The largest absolute Gasteiger partial charge is 0.368 e. The minimum absolute atomic E-state index is 0.270. The van der Waals surface area contributed by atoms with Gasteiger partial charge in [0.1, 0.15) is 17.5 Å². The van der Waals surface area contributed by atoms with E-state index >= 15 is 0 Å². The number of halogens is 1. The van der Waals surface area contributed by atoms with Crippen LogP contribution in [0.15, 0.2) is 24.3 Å². The smallest absolute Gasteiger partial charge is 0.319 e. The SMILES string of the molecule is Cc1nc(NCCNC(=O)Nc2ccc(C)c(Cl)c2)cc(N2CCCC2)n1. The number of anilines is 3. The normalized spacial score (nSPS) is 13.5. The third-order valence-electron chi connectivity index (χ3n) is 4.40. The summed E-state index contributed by atoms with van der Waals surface area (Å²) in [7, 11) is 0. The molecule has 0 spiro atoms. The Labute approximate surface area is 164 Å². The van der Waals surface area contributed by atoms with E-state index in [1.165, 1.54) is 12.8 Å². The first-order chi connectivity index (χ1) is 13.0. The van der Waals surface area contributed by atoms with Gasteiger partial charge in [-0.2, -0.15) is 0 Å². The highest BCUT2D eigenvalue weighted by Crippen LogP contribution is 2.21. The number of carbonyl (C=O) groups excluding carboxylic acids is 1. The van der Waals surface area contributed by atoms with Gasteiger partial charge in [0.25, 0.3) is 0 Å². The molecule has 1 fully saturated rings.